The van der Waals surface area contributed by atoms with Crippen molar-refractivity contribution in [2.24, 2.45) is 63.1 Å². The number of hydrogen-bond acceptors (Lipinski definition) is 3. The van der Waals surface area contributed by atoms with E-state index in [9.17, 15) is 15.0 Å². The molecule has 214 valence electrons. The van der Waals surface area contributed by atoms with Crippen molar-refractivity contribution in [3.05, 3.63) is 11.6 Å². The largest absolute Gasteiger partial charge is 0.481 e. The van der Waals surface area contributed by atoms with Crippen LogP contribution in [0.2, 0.25) is 0 Å². The fourth-order valence-corrected chi connectivity index (χ4v) is 12.1. The van der Waals surface area contributed by atoms with Gasteiger partial charge in [0.1, 0.15) is 0 Å². The smallest absolute Gasteiger partial charge is 0.310 e. The molecule has 1 heterocycles. The molecule has 1 aliphatic heterocycles. The first-order valence-electron chi connectivity index (χ1n) is 16.0. The molecule has 5 fully saturated rings. The number of rotatable bonds is 2. The monoisotopic (exact) mass is 526 g/mol. The van der Waals surface area contributed by atoms with Crippen molar-refractivity contribution < 1.29 is 19.7 Å². The van der Waals surface area contributed by atoms with Gasteiger partial charge in [0.05, 0.1) is 23.7 Å². The number of fused-ring (bicyclic) bond motifs is 7. The van der Waals surface area contributed by atoms with Gasteiger partial charge < -0.3 is 14.9 Å². The Kier molecular flexibility index (Phi) is 6.33. The average molecular weight is 527 g/mol. The summed E-state index contributed by atoms with van der Waals surface area (Å²) < 4.78 is 6.45. The third-order valence-corrected chi connectivity index (χ3v) is 14.5. The molecule has 13 unspecified atom stereocenters. The molecule has 1 saturated heterocycles. The zero-order valence-corrected chi connectivity index (χ0v) is 25.1. The molecule has 5 aliphatic carbocycles. The van der Waals surface area contributed by atoms with Crippen LogP contribution in [-0.4, -0.2) is 34.5 Å². The molecule has 4 saturated carbocycles. The third kappa shape index (κ3) is 3.50. The fraction of sp³-hybridized carbons (Fsp3) is 0.912. The van der Waals surface area contributed by atoms with Gasteiger partial charge in [-0.15, -0.1) is 0 Å². The van der Waals surface area contributed by atoms with Gasteiger partial charge in [-0.05, 0) is 123 Å². The number of carboxylic acids is 1. The third-order valence-electron chi connectivity index (χ3n) is 14.5. The van der Waals surface area contributed by atoms with Crippen LogP contribution in [0.3, 0.4) is 0 Å². The normalized spacial score (nSPS) is 55.6. The van der Waals surface area contributed by atoms with Crippen LogP contribution in [0.25, 0.3) is 0 Å². The predicted octanol–water partition coefficient (Wildman–Crippen LogP) is 7.49. The predicted molar refractivity (Wildman–Crippen MR) is 150 cm³/mol. The molecule has 0 radical (unpaired) electrons. The molecule has 0 amide bonds. The Morgan fingerprint density at radius 3 is 2.24 bits per heavy atom. The van der Waals surface area contributed by atoms with Gasteiger partial charge in [0.25, 0.3) is 0 Å². The maximum atomic E-state index is 12.7. The molecule has 4 heteroatoms. The van der Waals surface area contributed by atoms with E-state index in [-0.39, 0.29) is 46.4 Å². The second kappa shape index (κ2) is 8.81. The van der Waals surface area contributed by atoms with Crippen molar-refractivity contribution in [2.45, 2.75) is 131 Å². The zero-order valence-electron chi connectivity index (χ0n) is 25.1. The number of aliphatic hydroxyl groups excluding tert-OH is 1. The number of aliphatic hydroxyl groups is 1. The second-order valence-electron chi connectivity index (χ2n) is 16.2. The number of hydrogen-bond donors (Lipinski definition) is 2. The summed E-state index contributed by atoms with van der Waals surface area (Å²) in [5.74, 6) is 2.75. The first kappa shape index (κ1) is 27.3. The molecule has 6 rings (SSSR count). The Labute approximate surface area is 231 Å². The van der Waals surface area contributed by atoms with Gasteiger partial charge >= 0.3 is 5.97 Å². The standard InChI is InChI=1S/C34H54O4/c1-19-10-16-34(30(36)37)17-12-23-22(25(34)18-19)8-9-27-32(23,6)15-13-26-31(4,5)24(11-14-33(26,27)7)29-28(35)20(2)21(3)38-29/h8,19-21,23-29,35H,9-18H2,1-7H3,(H,36,37). The van der Waals surface area contributed by atoms with Crippen LogP contribution in [0.5, 0.6) is 0 Å². The van der Waals surface area contributed by atoms with E-state index in [1.165, 1.54) is 19.3 Å². The Morgan fingerprint density at radius 1 is 0.895 bits per heavy atom. The minimum Gasteiger partial charge on any atom is -0.481 e. The van der Waals surface area contributed by atoms with Crippen LogP contribution >= 0.6 is 0 Å². The molecule has 0 aromatic heterocycles. The molecule has 0 bridgehead atoms. The Morgan fingerprint density at radius 2 is 1.58 bits per heavy atom. The Hall–Kier alpha value is -0.870. The van der Waals surface area contributed by atoms with Crippen LogP contribution in [0, 0.1) is 63.1 Å². The van der Waals surface area contributed by atoms with Gasteiger partial charge in [0, 0.05) is 5.92 Å². The summed E-state index contributed by atoms with van der Waals surface area (Å²) in [4.78, 5) is 12.7. The van der Waals surface area contributed by atoms with E-state index in [1.54, 1.807) is 5.57 Å². The molecule has 0 aromatic rings. The van der Waals surface area contributed by atoms with Gasteiger partial charge in [-0.3, -0.25) is 4.79 Å². The number of aliphatic carboxylic acids is 1. The number of ether oxygens (including phenoxy) is 1. The summed E-state index contributed by atoms with van der Waals surface area (Å²) in [6, 6.07) is 0. The number of carboxylic acid groups (broad SMARTS) is 1. The van der Waals surface area contributed by atoms with Crippen molar-refractivity contribution in [1.82, 2.24) is 0 Å². The molecule has 6 aliphatic rings. The van der Waals surface area contributed by atoms with Gasteiger partial charge in [-0.2, -0.15) is 0 Å². The summed E-state index contributed by atoms with van der Waals surface area (Å²) in [6.45, 7) is 16.8. The minimum absolute atomic E-state index is 0.0403. The van der Waals surface area contributed by atoms with Crippen molar-refractivity contribution >= 4 is 5.97 Å². The maximum absolute atomic E-state index is 12.7. The lowest BCUT2D eigenvalue weighted by molar-refractivity contribution is -0.194. The van der Waals surface area contributed by atoms with E-state index in [0.717, 1.165) is 44.9 Å². The van der Waals surface area contributed by atoms with E-state index >= 15 is 0 Å². The molecule has 38 heavy (non-hydrogen) atoms. The highest BCUT2D eigenvalue weighted by Crippen LogP contribution is 2.72. The summed E-state index contributed by atoms with van der Waals surface area (Å²) >= 11 is 0. The molecule has 4 nitrogen and oxygen atoms in total. The summed E-state index contributed by atoms with van der Waals surface area (Å²) in [5.41, 5.74) is 1.68. The number of carbonyl (C=O) groups is 1. The highest BCUT2D eigenvalue weighted by molar-refractivity contribution is 5.76. The lowest BCUT2D eigenvalue weighted by Crippen LogP contribution is -2.62. The van der Waals surface area contributed by atoms with Crippen LogP contribution in [0.4, 0.5) is 0 Å². The summed E-state index contributed by atoms with van der Waals surface area (Å²) in [7, 11) is 0. The van der Waals surface area contributed by atoms with Crippen LogP contribution in [-0.2, 0) is 9.53 Å². The maximum Gasteiger partial charge on any atom is 0.310 e. The minimum atomic E-state index is -0.531. The van der Waals surface area contributed by atoms with Crippen molar-refractivity contribution in [3.63, 3.8) is 0 Å². The van der Waals surface area contributed by atoms with E-state index in [4.69, 9.17) is 4.74 Å². The van der Waals surface area contributed by atoms with Gasteiger partial charge in [-0.25, -0.2) is 0 Å². The van der Waals surface area contributed by atoms with Crippen LogP contribution in [0.15, 0.2) is 11.6 Å². The molecule has 0 spiro atoms. The first-order chi connectivity index (χ1) is 17.8. The summed E-state index contributed by atoms with van der Waals surface area (Å²) in [6.07, 6.45) is 13.2. The van der Waals surface area contributed by atoms with Crippen LogP contribution < -0.4 is 0 Å². The van der Waals surface area contributed by atoms with E-state index in [1.807, 2.05) is 0 Å². The Balaban J connectivity index is 1.32. The molecule has 13 atom stereocenters. The molecular formula is C34H54O4. The molecule has 2 N–H and O–H groups in total. The second-order valence-corrected chi connectivity index (χ2v) is 16.2. The van der Waals surface area contributed by atoms with Gasteiger partial charge in [0.2, 0.25) is 0 Å². The van der Waals surface area contributed by atoms with Crippen molar-refractivity contribution in [1.29, 1.82) is 0 Å². The van der Waals surface area contributed by atoms with E-state index < -0.39 is 11.4 Å². The lowest BCUT2D eigenvalue weighted by Gasteiger charge is -2.68. The average Bonchev–Trinajstić information content (AvgIpc) is 3.10. The summed E-state index contributed by atoms with van der Waals surface area (Å²) in [5, 5.41) is 21.6. The van der Waals surface area contributed by atoms with Crippen molar-refractivity contribution in [2.75, 3.05) is 0 Å². The van der Waals surface area contributed by atoms with Gasteiger partial charge in [0.15, 0.2) is 0 Å². The van der Waals surface area contributed by atoms with Gasteiger partial charge in [-0.1, -0.05) is 53.2 Å². The highest BCUT2D eigenvalue weighted by Gasteiger charge is 2.66. The Bertz CT molecular complexity index is 1000. The van der Waals surface area contributed by atoms with Crippen molar-refractivity contribution in [3.8, 4) is 0 Å². The van der Waals surface area contributed by atoms with Crippen LogP contribution in [0.1, 0.15) is 113 Å². The highest BCUT2D eigenvalue weighted by atomic mass is 16.5. The lowest BCUT2D eigenvalue weighted by atomic mass is 9.36. The zero-order chi connectivity index (χ0) is 27.4. The SMILES string of the molecule is CC1CCC2(C(=O)O)CCC3C(=CCC4C3(C)CCC3C(C)(C)C(C5OC(C)C(C)C5O)CCC34C)C2C1. The number of allylic oxidation sites excluding steroid dienone is 2. The quantitative estimate of drug-likeness (QED) is 0.366. The van der Waals surface area contributed by atoms with E-state index in [2.05, 4.69) is 54.5 Å². The first-order valence-corrected chi connectivity index (χ1v) is 16.0. The van der Waals surface area contributed by atoms with E-state index in [0.29, 0.717) is 29.6 Å². The molecular weight excluding hydrogens is 472 g/mol. The molecule has 0 aromatic carbocycles. The topological polar surface area (TPSA) is 66.8 Å². The fourth-order valence-electron chi connectivity index (χ4n) is 12.1.